The molecule has 1 saturated carbocycles. The lowest BCUT2D eigenvalue weighted by atomic mass is 9.99. The van der Waals surface area contributed by atoms with Crippen molar-refractivity contribution >= 4 is 24.0 Å². The van der Waals surface area contributed by atoms with Crippen LogP contribution >= 0.6 is 12.4 Å². The molecule has 4 heteroatoms. The fourth-order valence-electron chi connectivity index (χ4n) is 3.55. The number of carbonyl (C=O) groups excluding carboxylic acids is 1. The maximum absolute atomic E-state index is 12.2. The molecule has 0 heterocycles. The predicted molar refractivity (Wildman–Crippen MR) is 112 cm³/mol. The molecule has 2 unspecified atom stereocenters. The Bertz CT molecular complexity index is 897. The number of nitrogens with two attached hydrogens (primary N) is 1. The molecule has 0 saturated heterocycles. The highest BCUT2D eigenvalue weighted by Crippen LogP contribution is 2.56. The molecular formula is C23H23ClN2O. The third-order valence-electron chi connectivity index (χ3n) is 5.12. The third-order valence-corrected chi connectivity index (χ3v) is 5.12. The average molecular weight is 379 g/mol. The van der Waals surface area contributed by atoms with Gasteiger partial charge in [0.25, 0.3) is 0 Å². The monoisotopic (exact) mass is 378 g/mol. The van der Waals surface area contributed by atoms with E-state index in [9.17, 15) is 4.79 Å². The molecule has 1 aliphatic rings. The van der Waals surface area contributed by atoms with Crippen LogP contribution in [0.2, 0.25) is 0 Å². The van der Waals surface area contributed by atoms with E-state index in [1.54, 1.807) is 0 Å². The molecule has 0 spiro atoms. The van der Waals surface area contributed by atoms with Crippen LogP contribution in [0.3, 0.4) is 0 Å². The van der Waals surface area contributed by atoms with Gasteiger partial charge in [-0.25, -0.2) is 0 Å². The van der Waals surface area contributed by atoms with Crippen molar-refractivity contribution in [3.63, 3.8) is 0 Å². The number of halogens is 1. The summed E-state index contributed by atoms with van der Waals surface area (Å²) in [7, 11) is 0. The summed E-state index contributed by atoms with van der Waals surface area (Å²) in [6, 6.07) is 28.1. The van der Waals surface area contributed by atoms with Gasteiger partial charge in [0.1, 0.15) is 0 Å². The molecule has 1 amide bonds. The molecule has 2 atom stereocenters. The molecule has 27 heavy (non-hydrogen) atoms. The quantitative estimate of drug-likeness (QED) is 0.680. The molecule has 1 fully saturated rings. The Labute approximate surface area is 166 Å². The van der Waals surface area contributed by atoms with E-state index in [0.29, 0.717) is 12.3 Å². The normalized spacial score (nSPS) is 20.4. The topological polar surface area (TPSA) is 55.1 Å². The first-order valence-electron chi connectivity index (χ1n) is 8.93. The van der Waals surface area contributed by atoms with Gasteiger partial charge in [0.2, 0.25) is 5.91 Å². The molecule has 0 bridgehead atoms. The standard InChI is InChI=1S/C23H22N2O.ClH/c24-23(19-9-5-2-6-10-19)16-21(23)18-11-13-20(14-12-18)25-22(26)15-17-7-3-1-4-8-17;/h1-14,21H,15-16,24H2,(H,25,26);1H. The van der Waals surface area contributed by atoms with E-state index in [1.807, 2.05) is 60.7 Å². The number of amides is 1. The number of carbonyl (C=O) groups is 1. The molecule has 0 aliphatic heterocycles. The van der Waals surface area contributed by atoms with Crippen LogP contribution in [-0.4, -0.2) is 5.91 Å². The summed E-state index contributed by atoms with van der Waals surface area (Å²) in [5, 5.41) is 2.96. The molecule has 4 rings (SSSR count). The minimum atomic E-state index is -0.265. The van der Waals surface area contributed by atoms with Crippen LogP contribution in [0.4, 0.5) is 5.69 Å². The molecule has 0 aromatic heterocycles. The Kier molecular flexibility index (Phi) is 5.64. The Balaban J connectivity index is 0.00000210. The highest BCUT2D eigenvalue weighted by molar-refractivity contribution is 5.92. The summed E-state index contributed by atoms with van der Waals surface area (Å²) in [6.07, 6.45) is 1.34. The lowest BCUT2D eigenvalue weighted by Crippen LogP contribution is -2.21. The molecule has 3 aromatic rings. The molecular weight excluding hydrogens is 356 g/mol. The van der Waals surface area contributed by atoms with Crippen molar-refractivity contribution in [2.24, 2.45) is 5.73 Å². The average Bonchev–Trinajstić information content (AvgIpc) is 3.37. The zero-order valence-electron chi connectivity index (χ0n) is 15.0. The van der Waals surface area contributed by atoms with Gasteiger partial charge in [0, 0.05) is 17.1 Å². The number of hydrogen-bond donors (Lipinski definition) is 2. The predicted octanol–water partition coefficient (Wildman–Crippen LogP) is 4.63. The minimum absolute atomic E-state index is 0. The molecule has 3 nitrogen and oxygen atoms in total. The fourth-order valence-corrected chi connectivity index (χ4v) is 3.55. The van der Waals surface area contributed by atoms with E-state index < -0.39 is 0 Å². The maximum Gasteiger partial charge on any atom is 0.228 e. The Hall–Kier alpha value is -2.62. The van der Waals surface area contributed by atoms with Crippen molar-refractivity contribution < 1.29 is 4.79 Å². The van der Waals surface area contributed by atoms with Crippen LogP contribution < -0.4 is 11.1 Å². The number of nitrogens with one attached hydrogen (secondary N) is 1. The number of rotatable bonds is 5. The molecule has 3 N–H and O–H groups in total. The third kappa shape index (κ3) is 4.21. The van der Waals surface area contributed by atoms with Crippen molar-refractivity contribution in [2.45, 2.75) is 24.3 Å². The highest BCUT2D eigenvalue weighted by Gasteiger charge is 2.52. The summed E-state index contributed by atoms with van der Waals surface area (Å²) in [5.41, 5.74) is 10.5. The maximum atomic E-state index is 12.2. The molecule has 1 aliphatic carbocycles. The Morgan fingerprint density at radius 2 is 1.52 bits per heavy atom. The summed E-state index contributed by atoms with van der Waals surface area (Å²) >= 11 is 0. The van der Waals surface area contributed by atoms with Gasteiger partial charge < -0.3 is 11.1 Å². The van der Waals surface area contributed by atoms with Gasteiger partial charge in [-0.1, -0.05) is 72.8 Å². The van der Waals surface area contributed by atoms with Gasteiger partial charge in [-0.3, -0.25) is 4.79 Å². The van der Waals surface area contributed by atoms with Gasteiger partial charge in [-0.2, -0.15) is 0 Å². The van der Waals surface area contributed by atoms with Crippen LogP contribution in [0.25, 0.3) is 0 Å². The van der Waals surface area contributed by atoms with Gasteiger partial charge in [0.15, 0.2) is 0 Å². The SMILES string of the molecule is Cl.NC1(c2ccccc2)CC1c1ccc(NC(=O)Cc2ccccc2)cc1. The van der Waals surface area contributed by atoms with Gasteiger partial charge >= 0.3 is 0 Å². The van der Waals surface area contributed by atoms with Crippen molar-refractivity contribution in [3.05, 3.63) is 102 Å². The zero-order valence-corrected chi connectivity index (χ0v) is 15.8. The summed E-state index contributed by atoms with van der Waals surface area (Å²) < 4.78 is 0. The second kappa shape index (κ2) is 7.95. The zero-order chi connectivity index (χ0) is 18.0. The summed E-state index contributed by atoms with van der Waals surface area (Å²) in [5.74, 6) is 0.326. The van der Waals surface area contributed by atoms with Crippen LogP contribution in [0.15, 0.2) is 84.9 Å². The van der Waals surface area contributed by atoms with E-state index in [-0.39, 0.29) is 23.9 Å². The fraction of sp³-hybridized carbons (Fsp3) is 0.174. The molecule has 138 valence electrons. The van der Waals surface area contributed by atoms with Crippen molar-refractivity contribution in [2.75, 3.05) is 5.32 Å². The van der Waals surface area contributed by atoms with Crippen molar-refractivity contribution in [1.82, 2.24) is 0 Å². The minimum Gasteiger partial charge on any atom is -0.326 e. The highest BCUT2D eigenvalue weighted by atomic mass is 35.5. The Morgan fingerprint density at radius 3 is 2.15 bits per heavy atom. The second-order valence-corrected chi connectivity index (χ2v) is 7.00. The largest absolute Gasteiger partial charge is 0.326 e. The lowest BCUT2D eigenvalue weighted by Gasteiger charge is -2.12. The van der Waals surface area contributed by atoms with Crippen LogP contribution in [-0.2, 0) is 16.8 Å². The van der Waals surface area contributed by atoms with E-state index in [0.717, 1.165) is 17.7 Å². The molecule has 0 radical (unpaired) electrons. The lowest BCUT2D eigenvalue weighted by molar-refractivity contribution is -0.115. The first-order chi connectivity index (χ1) is 12.6. The van der Waals surface area contributed by atoms with E-state index >= 15 is 0 Å². The summed E-state index contributed by atoms with van der Waals surface area (Å²) in [4.78, 5) is 12.2. The number of benzene rings is 3. The van der Waals surface area contributed by atoms with E-state index in [2.05, 4.69) is 29.6 Å². The van der Waals surface area contributed by atoms with Crippen LogP contribution in [0.1, 0.15) is 29.0 Å². The van der Waals surface area contributed by atoms with Gasteiger partial charge in [0.05, 0.1) is 6.42 Å². The Morgan fingerprint density at radius 1 is 0.926 bits per heavy atom. The smallest absolute Gasteiger partial charge is 0.228 e. The van der Waals surface area contributed by atoms with E-state index in [4.69, 9.17) is 5.73 Å². The number of anilines is 1. The van der Waals surface area contributed by atoms with Crippen LogP contribution in [0.5, 0.6) is 0 Å². The van der Waals surface area contributed by atoms with Crippen molar-refractivity contribution in [1.29, 1.82) is 0 Å². The van der Waals surface area contributed by atoms with Gasteiger partial charge in [-0.15, -0.1) is 12.4 Å². The van der Waals surface area contributed by atoms with Gasteiger partial charge in [-0.05, 0) is 35.2 Å². The summed E-state index contributed by atoms with van der Waals surface area (Å²) in [6.45, 7) is 0. The first kappa shape index (κ1) is 19.2. The molecule has 3 aromatic carbocycles. The second-order valence-electron chi connectivity index (χ2n) is 7.00. The number of hydrogen-bond acceptors (Lipinski definition) is 2. The van der Waals surface area contributed by atoms with E-state index in [1.165, 1.54) is 11.1 Å². The van der Waals surface area contributed by atoms with Crippen molar-refractivity contribution in [3.8, 4) is 0 Å². The first-order valence-corrected chi connectivity index (χ1v) is 8.93. The van der Waals surface area contributed by atoms with Crippen LogP contribution in [0, 0.1) is 0 Å².